The van der Waals surface area contributed by atoms with Gasteiger partial charge in [-0.25, -0.2) is 18.1 Å². The van der Waals surface area contributed by atoms with Crippen molar-refractivity contribution in [2.24, 2.45) is 0 Å². The van der Waals surface area contributed by atoms with Gasteiger partial charge in [-0.2, -0.15) is 0 Å². The molecule has 0 atom stereocenters. The second kappa shape index (κ2) is 5.59. The third-order valence-electron chi connectivity index (χ3n) is 3.11. The van der Waals surface area contributed by atoms with Crippen molar-refractivity contribution >= 4 is 37.0 Å². The fourth-order valence-corrected chi connectivity index (χ4v) is 3.30. The van der Waals surface area contributed by atoms with Crippen LogP contribution in [0.4, 0.5) is 0 Å². The highest BCUT2D eigenvalue weighted by atomic mass is 79.9. The first-order chi connectivity index (χ1) is 10.1. The molecule has 0 bridgehead atoms. The van der Waals surface area contributed by atoms with Gasteiger partial charge in [0.25, 0.3) is 0 Å². The molecule has 0 saturated carbocycles. The maximum absolute atomic E-state index is 12.2. The fourth-order valence-electron chi connectivity index (χ4n) is 2.03. The van der Waals surface area contributed by atoms with E-state index in [-0.39, 0.29) is 11.4 Å². The van der Waals surface area contributed by atoms with Crippen LogP contribution in [0.25, 0.3) is 11.0 Å². The van der Waals surface area contributed by atoms with Crippen LogP contribution in [0, 0.1) is 0 Å². The Hall–Kier alpha value is -1.70. The van der Waals surface area contributed by atoms with Crippen molar-refractivity contribution in [2.75, 3.05) is 0 Å². The van der Waals surface area contributed by atoms with Gasteiger partial charge in [0.1, 0.15) is 5.65 Å². The maximum atomic E-state index is 12.2. The lowest BCUT2D eigenvalue weighted by atomic mass is 10.2. The Morgan fingerprint density at radius 3 is 2.71 bits per heavy atom. The Kier molecular flexibility index (Phi) is 3.79. The highest BCUT2D eigenvalue weighted by molar-refractivity contribution is 9.10. The molecule has 0 amide bonds. The van der Waals surface area contributed by atoms with Crippen molar-refractivity contribution in [1.82, 2.24) is 14.7 Å². The summed E-state index contributed by atoms with van der Waals surface area (Å²) in [5, 5.41) is 0.913. The molecule has 2 N–H and O–H groups in total. The molecule has 0 aliphatic heterocycles. The molecule has 0 unspecified atom stereocenters. The number of sulfonamides is 1. The Labute approximate surface area is 130 Å². The van der Waals surface area contributed by atoms with Crippen molar-refractivity contribution < 1.29 is 8.42 Å². The second-order valence-electron chi connectivity index (χ2n) is 4.49. The number of benzene rings is 1. The summed E-state index contributed by atoms with van der Waals surface area (Å²) in [7, 11) is -3.53. The largest absolute Gasteiger partial charge is 0.346 e. The molecule has 0 fully saturated rings. The quantitative estimate of drug-likeness (QED) is 0.746. The molecule has 1 aromatic carbocycles. The van der Waals surface area contributed by atoms with E-state index < -0.39 is 10.0 Å². The van der Waals surface area contributed by atoms with Crippen molar-refractivity contribution in [1.29, 1.82) is 0 Å². The summed E-state index contributed by atoms with van der Waals surface area (Å²) < 4.78 is 27.9. The van der Waals surface area contributed by atoms with Gasteiger partial charge < -0.3 is 4.98 Å². The molecular formula is C14H12BrN3O2S. The van der Waals surface area contributed by atoms with Crippen LogP contribution in [0.1, 0.15) is 5.56 Å². The molecule has 3 rings (SSSR count). The lowest BCUT2D eigenvalue weighted by Gasteiger charge is -2.06. The third kappa shape index (κ3) is 2.99. The number of nitrogens with one attached hydrogen (secondary N) is 2. The van der Waals surface area contributed by atoms with Crippen molar-refractivity contribution in [3.63, 3.8) is 0 Å². The summed E-state index contributed by atoms with van der Waals surface area (Å²) >= 11 is 3.28. The van der Waals surface area contributed by atoms with Gasteiger partial charge in [-0.15, -0.1) is 0 Å². The smallest absolute Gasteiger partial charge is 0.240 e. The van der Waals surface area contributed by atoms with Crippen LogP contribution < -0.4 is 4.72 Å². The highest BCUT2D eigenvalue weighted by Gasteiger charge is 2.14. The van der Waals surface area contributed by atoms with E-state index in [2.05, 4.69) is 30.6 Å². The number of fused-ring (bicyclic) bond motifs is 1. The Bertz CT molecular complexity index is 873. The first-order valence-electron chi connectivity index (χ1n) is 6.22. The summed E-state index contributed by atoms with van der Waals surface area (Å²) in [6.07, 6.45) is 3.45. The number of pyridine rings is 1. The SMILES string of the molecule is O=S(=O)(NCc1c[nH]c2ncccc12)c1ccc(Br)cc1. The van der Waals surface area contributed by atoms with Crippen molar-refractivity contribution in [3.05, 3.63) is 58.8 Å². The highest BCUT2D eigenvalue weighted by Crippen LogP contribution is 2.18. The van der Waals surface area contributed by atoms with E-state index in [0.29, 0.717) is 0 Å². The third-order valence-corrected chi connectivity index (χ3v) is 5.06. The predicted molar refractivity (Wildman–Crippen MR) is 84.3 cm³/mol. The predicted octanol–water partition coefficient (Wildman–Crippen LogP) is 2.80. The molecule has 5 nitrogen and oxygen atoms in total. The van der Waals surface area contributed by atoms with E-state index >= 15 is 0 Å². The number of hydrogen-bond donors (Lipinski definition) is 2. The summed E-state index contributed by atoms with van der Waals surface area (Å²) in [5.74, 6) is 0. The van der Waals surface area contributed by atoms with Crippen LogP contribution in [0.3, 0.4) is 0 Å². The van der Waals surface area contributed by atoms with Gasteiger partial charge in [0.05, 0.1) is 4.90 Å². The Balaban J connectivity index is 1.82. The minimum atomic E-state index is -3.53. The molecule has 7 heteroatoms. The molecule has 3 aromatic rings. The molecule has 21 heavy (non-hydrogen) atoms. The van der Waals surface area contributed by atoms with Gasteiger partial charge in [0.15, 0.2) is 0 Å². The summed E-state index contributed by atoms with van der Waals surface area (Å²) in [6, 6.07) is 10.2. The second-order valence-corrected chi connectivity index (χ2v) is 7.17. The molecule has 2 heterocycles. The van der Waals surface area contributed by atoms with E-state index in [4.69, 9.17) is 0 Å². The van der Waals surface area contributed by atoms with Gasteiger partial charge >= 0.3 is 0 Å². The average Bonchev–Trinajstić information content (AvgIpc) is 2.89. The fraction of sp³-hybridized carbons (Fsp3) is 0.0714. The van der Waals surface area contributed by atoms with E-state index in [1.807, 2.05) is 12.1 Å². The number of aromatic amines is 1. The van der Waals surface area contributed by atoms with Crippen LogP contribution in [-0.2, 0) is 16.6 Å². The van der Waals surface area contributed by atoms with Crippen LogP contribution >= 0.6 is 15.9 Å². The molecule has 2 aromatic heterocycles. The molecule has 0 radical (unpaired) electrons. The van der Waals surface area contributed by atoms with Crippen LogP contribution in [-0.4, -0.2) is 18.4 Å². The average molecular weight is 366 g/mol. The van der Waals surface area contributed by atoms with Crippen LogP contribution in [0.15, 0.2) is 58.2 Å². The van der Waals surface area contributed by atoms with E-state index in [9.17, 15) is 8.42 Å². The molecule has 0 aliphatic rings. The number of nitrogens with zero attached hydrogens (tertiary/aromatic N) is 1. The molecule has 0 aliphatic carbocycles. The van der Waals surface area contributed by atoms with E-state index in [1.54, 1.807) is 36.7 Å². The number of hydrogen-bond acceptors (Lipinski definition) is 3. The zero-order valence-corrected chi connectivity index (χ0v) is 13.3. The maximum Gasteiger partial charge on any atom is 0.240 e. The van der Waals surface area contributed by atoms with Crippen molar-refractivity contribution in [2.45, 2.75) is 11.4 Å². The first-order valence-corrected chi connectivity index (χ1v) is 8.50. The van der Waals surface area contributed by atoms with E-state index in [0.717, 1.165) is 21.1 Å². The summed E-state index contributed by atoms with van der Waals surface area (Å²) in [4.78, 5) is 7.44. The Morgan fingerprint density at radius 2 is 1.95 bits per heavy atom. The van der Waals surface area contributed by atoms with Crippen molar-refractivity contribution in [3.8, 4) is 0 Å². The van der Waals surface area contributed by atoms with Crippen LogP contribution in [0.2, 0.25) is 0 Å². The lowest BCUT2D eigenvalue weighted by Crippen LogP contribution is -2.23. The normalized spacial score (nSPS) is 11.9. The topological polar surface area (TPSA) is 74.8 Å². The molecular weight excluding hydrogens is 354 g/mol. The zero-order chi connectivity index (χ0) is 14.9. The van der Waals surface area contributed by atoms with Gasteiger partial charge in [-0.1, -0.05) is 15.9 Å². The van der Waals surface area contributed by atoms with Gasteiger partial charge in [0.2, 0.25) is 10.0 Å². The molecule has 0 saturated heterocycles. The summed E-state index contributed by atoms with van der Waals surface area (Å²) in [6.45, 7) is 0.212. The summed E-state index contributed by atoms with van der Waals surface area (Å²) in [5.41, 5.74) is 1.61. The first kappa shape index (κ1) is 14.2. The van der Waals surface area contributed by atoms with E-state index in [1.165, 1.54) is 0 Å². The van der Waals surface area contributed by atoms with Gasteiger partial charge in [-0.3, -0.25) is 0 Å². The minimum absolute atomic E-state index is 0.212. The number of halogens is 1. The molecule has 108 valence electrons. The number of H-pyrrole nitrogens is 1. The van der Waals surface area contributed by atoms with Gasteiger partial charge in [-0.05, 0) is 42.0 Å². The molecule has 0 spiro atoms. The number of aromatic nitrogens is 2. The zero-order valence-electron chi connectivity index (χ0n) is 10.9. The number of rotatable bonds is 4. The minimum Gasteiger partial charge on any atom is -0.346 e. The monoisotopic (exact) mass is 365 g/mol. The van der Waals surface area contributed by atoms with Gasteiger partial charge in [0, 0.05) is 28.8 Å². The Morgan fingerprint density at radius 1 is 1.19 bits per heavy atom. The lowest BCUT2D eigenvalue weighted by molar-refractivity contribution is 0.581. The standard InChI is InChI=1S/C14H12BrN3O2S/c15-11-3-5-12(6-4-11)21(19,20)18-9-10-8-17-14-13(10)2-1-7-16-14/h1-8,18H,9H2,(H,16,17). The van der Waals surface area contributed by atoms with Crippen LogP contribution in [0.5, 0.6) is 0 Å².